The number of hydrogen-bond donors (Lipinski definition) is 3. The molecule has 18 heavy (non-hydrogen) atoms. The second-order valence-corrected chi connectivity index (χ2v) is 4.23. The molecule has 1 aromatic carbocycles. The van der Waals surface area contributed by atoms with Crippen LogP contribution in [0.5, 0.6) is 0 Å². The fourth-order valence-electron chi connectivity index (χ4n) is 1.50. The van der Waals surface area contributed by atoms with Gasteiger partial charge in [-0.2, -0.15) is 0 Å². The predicted molar refractivity (Wildman–Crippen MR) is 67.4 cm³/mol. The summed E-state index contributed by atoms with van der Waals surface area (Å²) in [5, 5.41) is 22.4. The molecule has 0 spiro atoms. The van der Waals surface area contributed by atoms with E-state index in [9.17, 15) is 14.9 Å². The minimum absolute atomic E-state index is 0.00195. The zero-order chi connectivity index (χ0) is 13.9. The van der Waals surface area contributed by atoms with Gasteiger partial charge in [0.1, 0.15) is 11.7 Å². The highest BCUT2D eigenvalue weighted by molar-refractivity contribution is 5.78. The number of nitrogens with one attached hydrogen (secondary N) is 1. The molecule has 0 aliphatic heterocycles. The Kier molecular flexibility index (Phi) is 4.09. The number of aliphatic carboxylic acids is 1. The lowest BCUT2D eigenvalue weighted by molar-refractivity contribution is -0.383. The first-order valence-corrected chi connectivity index (χ1v) is 5.36. The summed E-state index contributed by atoms with van der Waals surface area (Å²) >= 11 is 0. The predicted octanol–water partition coefficient (Wildman–Crippen LogP) is 1.70. The van der Waals surface area contributed by atoms with Crippen LogP contribution in [-0.2, 0) is 4.79 Å². The maximum absolute atomic E-state index is 11.0. The largest absolute Gasteiger partial charge is 0.480 e. The molecular weight excluding hydrogens is 238 g/mol. The van der Waals surface area contributed by atoms with Crippen molar-refractivity contribution in [1.82, 2.24) is 0 Å². The Hall–Kier alpha value is -2.31. The van der Waals surface area contributed by atoms with Crippen LogP contribution in [0.15, 0.2) is 18.2 Å². The van der Waals surface area contributed by atoms with Crippen molar-refractivity contribution in [1.29, 1.82) is 0 Å². The summed E-state index contributed by atoms with van der Waals surface area (Å²) in [4.78, 5) is 21.0. The standard InChI is InChI=1S/C11H15N3O4/c1-6(2)10(11(15)16)13-7-3-4-9(14(17)18)8(12)5-7/h3-6,10,13H,12H2,1-2H3,(H,15,16). The number of nitrogen functional groups attached to an aromatic ring is 1. The van der Waals surface area contributed by atoms with Gasteiger partial charge < -0.3 is 16.2 Å². The van der Waals surface area contributed by atoms with Gasteiger partial charge in [0.2, 0.25) is 0 Å². The van der Waals surface area contributed by atoms with E-state index in [1.54, 1.807) is 13.8 Å². The van der Waals surface area contributed by atoms with Gasteiger partial charge in [0.25, 0.3) is 5.69 Å². The van der Waals surface area contributed by atoms with Crippen LogP contribution in [0.3, 0.4) is 0 Å². The van der Waals surface area contributed by atoms with Gasteiger partial charge in [0, 0.05) is 11.8 Å². The van der Waals surface area contributed by atoms with E-state index in [1.165, 1.54) is 18.2 Å². The van der Waals surface area contributed by atoms with E-state index in [0.29, 0.717) is 5.69 Å². The van der Waals surface area contributed by atoms with Crippen molar-refractivity contribution in [3.05, 3.63) is 28.3 Å². The third-order valence-corrected chi connectivity index (χ3v) is 2.48. The van der Waals surface area contributed by atoms with E-state index < -0.39 is 16.9 Å². The number of anilines is 2. The first-order chi connectivity index (χ1) is 8.32. The van der Waals surface area contributed by atoms with Crippen molar-refractivity contribution in [2.45, 2.75) is 19.9 Å². The van der Waals surface area contributed by atoms with Crippen molar-refractivity contribution < 1.29 is 14.8 Å². The summed E-state index contributed by atoms with van der Waals surface area (Å²) in [6.45, 7) is 3.53. The van der Waals surface area contributed by atoms with Crippen molar-refractivity contribution in [2.24, 2.45) is 5.92 Å². The van der Waals surface area contributed by atoms with E-state index >= 15 is 0 Å². The number of nitro benzene ring substituents is 1. The molecule has 1 rings (SSSR count). The number of carbonyl (C=O) groups is 1. The van der Waals surface area contributed by atoms with Crippen molar-refractivity contribution >= 4 is 23.0 Å². The van der Waals surface area contributed by atoms with Crippen LogP contribution >= 0.6 is 0 Å². The SMILES string of the molecule is CC(C)C(Nc1ccc([N+](=O)[O-])c(N)c1)C(=O)O. The minimum atomic E-state index is -0.984. The van der Waals surface area contributed by atoms with Crippen molar-refractivity contribution in [3.8, 4) is 0 Å². The lowest BCUT2D eigenvalue weighted by atomic mass is 10.0. The van der Waals surface area contributed by atoms with Gasteiger partial charge in [0.15, 0.2) is 0 Å². The van der Waals surface area contributed by atoms with Gasteiger partial charge in [-0.3, -0.25) is 10.1 Å². The van der Waals surface area contributed by atoms with E-state index in [-0.39, 0.29) is 17.3 Å². The summed E-state index contributed by atoms with van der Waals surface area (Å²) in [5.41, 5.74) is 5.77. The number of carboxylic acid groups (broad SMARTS) is 1. The molecule has 7 heteroatoms. The van der Waals surface area contributed by atoms with E-state index in [0.717, 1.165) is 0 Å². The summed E-state index contributed by atoms with van der Waals surface area (Å²) in [6.07, 6.45) is 0. The van der Waals surface area contributed by atoms with Crippen LogP contribution in [0.1, 0.15) is 13.8 Å². The lowest BCUT2D eigenvalue weighted by Gasteiger charge is -2.19. The van der Waals surface area contributed by atoms with E-state index in [4.69, 9.17) is 10.8 Å². The molecule has 1 atom stereocenters. The lowest BCUT2D eigenvalue weighted by Crippen LogP contribution is -2.34. The number of rotatable bonds is 5. The quantitative estimate of drug-likeness (QED) is 0.417. The molecule has 4 N–H and O–H groups in total. The first-order valence-electron chi connectivity index (χ1n) is 5.36. The molecule has 0 heterocycles. The number of nitrogens with zero attached hydrogens (tertiary/aromatic N) is 1. The molecule has 0 bridgehead atoms. The Morgan fingerprint density at radius 1 is 1.50 bits per heavy atom. The number of hydrogen-bond acceptors (Lipinski definition) is 5. The number of nitrogens with two attached hydrogens (primary N) is 1. The van der Waals surface area contributed by atoms with Crippen molar-refractivity contribution in [3.63, 3.8) is 0 Å². The van der Waals surface area contributed by atoms with Gasteiger partial charge in [0.05, 0.1) is 4.92 Å². The second-order valence-electron chi connectivity index (χ2n) is 4.23. The monoisotopic (exact) mass is 253 g/mol. The molecular formula is C11H15N3O4. The molecule has 0 amide bonds. The van der Waals surface area contributed by atoms with Gasteiger partial charge in [-0.25, -0.2) is 4.79 Å². The molecule has 0 radical (unpaired) electrons. The zero-order valence-corrected chi connectivity index (χ0v) is 10.1. The van der Waals surface area contributed by atoms with E-state index in [2.05, 4.69) is 5.32 Å². The maximum Gasteiger partial charge on any atom is 0.326 e. The molecule has 7 nitrogen and oxygen atoms in total. The maximum atomic E-state index is 11.0. The van der Waals surface area contributed by atoms with Crippen LogP contribution in [-0.4, -0.2) is 22.0 Å². The van der Waals surface area contributed by atoms with Crippen molar-refractivity contribution in [2.75, 3.05) is 11.1 Å². The third-order valence-electron chi connectivity index (χ3n) is 2.48. The van der Waals surface area contributed by atoms with Crippen LogP contribution in [0, 0.1) is 16.0 Å². The number of carboxylic acids is 1. The molecule has 1 unspecified atom stereocenters. The van der Waals surface area contributed by atoms with Gasteiger partial charge in [-0.1, -0.05) is 13.8 Å². The van der Waals surface area contributed by atoms with Crippen LogP contribution < -0.4 is 11.1 Å². The fourth-order valence-corrected chi connectivity index (χ4v) is 1.50. The molecule has 0 aliphatic carbocycles. The Bertz CT molecular complexity index is 473. The van der Waals surface area contributed by atoms with Crippen LogP contribution in [0.4, 0.5) is 17.1 Å². The van der Waals surface area contributed by atoms with Gasteiger partial charge in [-0.15, -0.1) is 0 Å². The average molecular weight is 253 g/mol. The average Bonchev–Trinajstić information content (AvgIpc) is 2.24. The number of benzene rings is 1. The Morgan fingerprint density at radius 2 is 2.11 bits per heavy atom. The Labute approximate surface area is 104 Å². The molecule has 1 aromatic rings. The summed E-state index contributed by atoms with van der Waals surface area (Å²) in [5.74, 6) is -1.11. The summed E-state index contributed by atoms with van der Waals surface area (Å²) in [7, 11) is 0. The van der Waals surface area contributed by atoms with Gasteiger partial charge >= 0.3 is 5.97 Å². The molecule has 0 saturated heterocycles. The normalized spacial score (nSPS) is 12.2. The molecule has 0 aliphatic rings. The van der Waals surface area contributed by atoms with Crippen LogP contribution in [0.2, 0.25) is 0 Å². The van der Waals surface area contributed by atoms with Gasteiger partial charge in [-0.05, 0) is 18.1 Å². The van der Waals surface area contributed by atoms with E-state index in [1.807, 2.05) is 0 Å². The molecule has 0 aromatic heterocycles. The molecule has 0 fully saturated rings. The molecule has 0 saturated carbocycles. The number of nitro groups is 1. The smallest absolute Gasteiger partial charge is 0.326 e. The highest BCUT2D eigenvalue weighted by Crippen LogP contribution is 2.25. The third kappa shape index (κ3) is 3.09. The highest BCUT2D eigenvalue weighted by atomic mass is 16.6. The first kappa shape index (κ1) is 13.8. The summed E-state index contributed by atoms with van der Waals surface area (Å²) < 4.78 is 0. The van der Waals surface area contributed by atoms with Crippen LogP contribution in [0.25, 0.3) is 0 Å². The second kappa shape index (κ2) is 5.35. The Balaban J connectivity index is 2.95. The summed E-state index contributed by atoms with van der Waals surface area (Å²) in [6, 6.07) is 3.27. The molecule has 98 valence electrons. The Morgan fingerprint density at radius 3 is 2.50 bits per heavy atom. The fraction of sp³-hybridized carbons (Fsp3) is 0.364. The highest BCUT2D eigenvalue weighted by Gasteiger charge is 2.21. The minimum Gasteiger partial charge on any atom is -0.480 e. The topological polar surface area (TPSA) is 118 Å². The zero-order valence-electron chi connectivity index (χ0n) is 10.1.